The summed E-state index contributed by atoms with van der Waals surface area (Å²) in [4.78, 5) is 38.1. The van der Waals surface area contributed by atoms with Crippen LogP contribution in [0, 0.1) is 12.8 Å². The number of nitrogens with one attached hydrogen (secondary N) is 1. The number of rotatable bonds is 3. The van der Waals surface area contributed by atoms with Crippen molar-refractivity contribution in [3.05, 3.63) is 47.8 Å². The molecule has 2 fully saturated rings. The number of aromatic amines is 1. The topological polar surface area (TPSA) is 87.8 Å². The third-order valence-corrected chi connectivity index (χ3v) is 6.82. The van der Waals surface area contributed by atoms with Crippen molar-refractivity contribution in [2.24, 2.45) is 5.92 Å². The summed E-state index contributed by atoms with van der Waals surface area (Å²) in [5.74, 6) is 1.78. The molecule has 33 heavy (non-hydrogen) atoms. The number of likely N-dealkylation sites (tertiary alicyclic amines) is 1. The van der Waals surface area contributed by atoms with Gasteiger partial charge in [-0.05, 0) is 49.6 Å². The number of aryl methyl sites for hydroxylation is 1. The highest BCUT2D eigenvalue weighted by atomic mass is 16.6. The first kappa shape index (κ1) is 20.1. The Morgan fingerprint density at radius 1 is 1.12 bits per heavy atom. The highest BCUT2D eigenvalue weighted by Crippen LogP contribution is 2.38. The number of anilines is 1. The Bertz CT molecular complexity index is 1250. The number of hydrogen-bond acceptors (Lipinski definition) is 5. The number of carbonyl (C=O) groups excluding carboxylic acids is 2. The summed E-state index contributed by atoms with van der Waals surface area (Å²) in [5.41, 5.74) is 3.81. The van der Waals surface area contributed by atoms with Crippen LogP contribution in [-0.2, 0) is 9.59 Å². The quantitative estimate of drug-likeness (QED) is 0.667. The number of amides is 2. The number of benzene rings is 2. The predicted molar refractivity (Wildman–Crippen MR) is 122 cm³/mol. The number of aromatic nitrogens is 2. The maximum atomic E-state index is 13.5. The Morgan fingerprint density at radius 2 is 1.97 bits per heavy atom. The van der Waals surface area contributed by atoms with Gasteiger partial charge in [0.25, 0.3) is 0 Å². The molecule has 3 aromatic rings. The van der Waals surface area contributed by atoms with E-state index in [2.05, 4.69) is 18.0 Å². The molecule has 3 aliphatic rings. The highest BCUT2D eigenvalue weighted by molar-refractivity contribution is 6.00. The number of hydrogen-bond donors (Lipinski definition) is 1. The van der Waals surface area contributed by atoms with Gasteiger partial charge in [-0.2, -0.15) is 0 Å². The summed E-state index contributed by atoms with van der Waals surface area (Å²) in [5, 5.41) is 0. The van der Waals surface area contributed by atoms with Crippen LogP contribution in [0.1, 0.15) is 36.7 Å². The van der Waals surface area contributed by atoms with E-state index in [1.807, 2.05) is 35.2 Å². The van der Waals surface area contributed by atoms with Gasteiger partial charge in [-0.3, -0.25) is 9.59 Å². The minimum absolute atomic E-state index is 0.0301. The zero-order chi connectivity index (χ0) is 22.5. The maximum absolute atomic E-state index is 13.5. The first-order chi connectivity index (χ1) is 16.1. The van der Waals surface area contributed by atoms with E-state index in [0.29, 0.717) is 37.8 Å². The maximum Gasteiger partial charge on any atom is 0.228 e. The fraction of sp³-hybridized carbons (Fsp3) is 0.400. The lowest BCUT2D eigenvalue weighted by Crippen LogP contribution is -2.37. The van der Waals surface area contributed by atoms with Gasteiger partial charge in [0.15, 0.2) is 11.5 Å². The lowest BCUT2D eigenvalue weighted by Gasteiger charge is -2.26. The lowest BCUT2D eigenvalue weighted by molar-refractivity contribution is -0.136. The molecular formula is C25H26N4O4. The van der Waals surface area contributed by atoms with E-state index in [4.69, 9.17) is 14.5 Å². The molecule has 170 valence electrons. The van der Waals surface area contributed by atoms with Crippen molar-refractivity contribution in [1.82, 2.24) is 14.9 Å². The average Bonchev–Trinajstić information content (AvgIpc) is 3.55. The van der Waals surface area contributed by atoms with Crippen LogP contribution in [-0.4, -0.2) is 53.0 Å². The monoisotopic (exact) mass is 446 g/mol. The van der Waals surface area contributed by atoms with Crippen LogP contribution in [0.4, 0.5) is 5.69 Å². The molecule has 2 aromatic carbocycles. The second-order valence-electron chi connectivity index (χ2n) is 9.07. The van der Waals surface area contributed by atoms with Gasteiger partial charge in [0.1, 0.15) is 19.0 Å². The molecule has 1 N–H and O–H groups in total. The minimum atomic E-state index is -0.363. The SMILES string of the molecule is Cc1ccc2nc(C3CCCN3C(=O)C3CC(=O)N(c4ccc5c(c4)OCCO5)C3)[nH]c2c1. The van der Waals surface area contributed by atoms with Crippen LogP contribution in [0.5, 0.6) is 11.5 Å². The van der Waals surface area contributed by atoms with E-state index < -0.39 is 0 Å². The Labute approximate surface area is 191 Å². The van der Waals surface area contributed by atoms with Gasteiger partial charge in [0.2, 0.25) is 11.8 Å². The summed E-state index contributed by atoms with van der Waals surface area (Å²) < 4.78 is 11.2. The van der Waals surface area contributed by atoms with Gasteiger partial charge in [0, 0.05) is 31.3 Å². The van der Waals surface area contributed by atoms with Crippen molar-refractivity contribution in [3.63, 3.8) is 0 Å². The molecule has 0 bridgehead atoms. The van der Waals surface area contributed by atoms with Crippen molar-refractivity contribution in [3.8, 4) is 11.5 Å². The Morgan fingerprint density at radius 3 is 2.85 bits per heavy atom. The second kappa shape index (κ2) is 7.79. The van der Waals surface area contributed by atoms with E-state index in [1.54, 1.807) is 4.90 Å². The van der Waals surface area contributed by atoms with Crippen molar-refractivity contribution in [2.45, 2.75) is 32.2 Å². The zero-order valence-electron chi connectivity index (χ0n) is 18.5. The molecule has 8 heteroatoms. The largest absolute Gasteiger partial charge is 0.486 e. The Hall–Kier alpha value is -3.55. The van der Waals surface area contributed by atoms with Crippen molar-refractivity contribution < 1.29 is 19.1 Å². The van der Waals surface area contributed by atoms with E-state index >= 15 is 0 Å². The molecule has 3 aliphatic heterocycles. The molecule has 2 atom stereocenters. The smallest absolute Gasteiger partial charge is 0.228 e. The number of nitrogens with zero attached hydrogens (tertiary/aromatic N) is 3. The summed E-state index contributed by atoms with van der Waals surface area (Å²) >= 11 is 0. The Balaban J connectivity index is 1.21. The van der Waals surface area contributed by atoms with Gasteiger partial charge in [-0.25, -0.2) is 4.98 Å². The van der Waals surface area contributed by atoms with Crippen LogP contribution >= 0.6 is 0 Å². The van der Waals surface area contributed by atoms with Gasteiger partial charge in [-0.15, -0.1) is 0 Å². The minimum Gasteiger partial charge on any atom is -0.486 e. The van der Waals surface area contributed by atoms with Crippen LogP contribution in [0.15, 0.2) is 36.4 Å². The molecule has 0 saturated carbocycles. The standard InChI is InChI=1S/C25H26N4O4/c1-15-4-6-18-19(11-15)27-24(26-18)20-3-2-8-28(20)25(31)16-12-23(30)29(14-16)17-5-7-21-22(13-17)33-10-9-32-21/h4-7,11,13,16,20H,2-3,8-10,12,14H2,1H3,(H,26,27). The molecule has 6 rings (SSSR count). The van der Waals surface area contributed by atoms with Gasteiger partial charge in [-0.1, -0.05) is 6.07 Å². The molecule has 2 amide bonds. The molecule has 2 saturated heterocycles. The van der Waals surface area contributed by atoms with Crippen LogP contribution in [0.25, 0.3) is 11.0 Å². The van der Waals surface area contributed by atoms with Crippen LogP contribution < -0.4 is 14.4 Å². The predicted octanol–water partition coefficient (Wildman–Crippen LogP) is 3.36. The van der Waals surface area contributed by atoms with E-state index in [1.165, 1.54) is 5.56 Å². The second-order valence-corrected chi connectivity index (χ2v) is 9.07. The van der Waals surface area contributed by atoms with E-state index in [9.17, 15) is 9.59 Å². The fourth-order valence-corrected chi connectivity index (χ4v) is 5.17. The molecule has 4 heterocycles. The first-order valence-corrected chi connectivity index (χ1v) is 11.5. The van der Waals surface area contributed by atoms with Crippen molar-refractivity contribution >= 4 is 28.5 Å². The lowest BCUT2D eigenvalue weighted by atomic mass is 10.1. The average molecular weight is 447 g/mol. The molecule has 0 aliphatic carbocycles. The Kier molecular flexibility index (Phi) is 4.74. The molecule has 0 radical (unpaired) electrons. The highest BCUT2D eigenvalue weighted by Gasteiger charge is 2.41. The van der Waals surface area contributed by atoms with Crippen LogP contribution in [0.3, 0.4) is 0 Å². The summed E-state index contributed by atoms with van der Waals surface area (Å²) in [6.07, 6.45) is 2.02. The number of ether oxygens (including phenoxy) is 2. The van der Waals surface area contributed by atoms with Gasteiger partial charge in [0.05, 0.1) is 23.0 Å². The molecule has 0 spiro atoms. The third kappa shape index (κ3) is 3.50. The van der Waals surface area contributed by atoms with Crippen molar-refractivity contribution in [2.75, 3.05) is 31.2 Å². The van der Waals surface area contributed by atoms with E-state index in [-0.39, 0.29) is 30.2 Å². The van der Waals surface area contributed by atoms with Crippen molar-refractivity contribution in [1.29, 1.82) is 0 Å². The van der Waals surface area contributed by atoms with Crippen LogP contribution in [0.2, 0.25) is 0 Å². The third-order valence-electron chi connectivity index (χ3n) is 6.82. The normalized spacial score (nSPS) is 22.4. The number of fused-ring (bicyclic) bond motifs is 2. The number of H-pyrrole nitrogens is 1. The first-order valence-electron chi connectivity index (χ1n) is 11.5. The number of carbonyl (C=O) groups is 2. The summed E-state index contributed by atoms with van der Waals surface area (Å²) in [7, 11) is 0. The van der Waals surface area contributed by atoms with Gasteiger partial charge < -0.3 is 24.3 Å². The number of imidazole rings is 1. The molecule has 8 nitrogen and oxygen atoms in total. The summed E-state index contributed by atoms with van der Waals surface area (Å²) in [6.45, 7) is 4.13. The molecule has 1 aromatic heterocycles. The molecular weight excluding hydrogens is 420 g/mol. The summed E-state index contributed by atoms with van der Waals surface area (Å²) in [6, 6.07) is 11.6. The van der Waals surface area contributed by atoms with Gasteiger partial charge >= 0.3 is 0 Å². The van der Waals surface area contributed by atoms with E-state index in [0.717, 1.165) is 35.4 Å². The fourth-order valence-electron chi connectivity index (χ4n) is 5.17. The zero-order valence-corrected chi connectivity index (χ0v) is 18.5. The molecule has 2 unspecified atom stereocenters.